The molecule has 4 nitrogen and oxygen atoms in total. The van der Waals surface area contributed by atoms with E-state index in [9.17, 15) is 0 Å². The Bertz CT molecular complexity index is 525. The van der Waals surface area contributed by atoms with E-state index in [4.69, 9.17) is 16.3 Å². The number of nitrogens with zero attached hydrogens (tertiary/aromatic N) is 3. The zero-order valence-corrected chi connectivity index (χ0v) is 12.0. The van der Waals surface area contributed by atoms with Gasteiger partial charge in [0.2, 0.25) is 0 Å². The predicted octanol–water partition coefficient (Wildman–Crippen LogP) is 3.25. The molecule has 1 aromatic heterocycles. The van der Waals surface area contributed by atoms with Gasteiger partial charge in [0.25, 0.3) is 0 Å². The van der Waals surface area contributed by atoms with Gasteiger partial charge in [-0.15, -0.1) is 11.6 Å². The first-order chi connectivity index (χ1) is 9.19. The second kappa shape index (κ2) is 6.57. The maximum atomic E-state index is 5.80. The van der Waals surface area contributed by atoms with Gasteiger partial charge in [0, 0.05) is 12.4 Å². The van der Waals surface area contributed by atoms with Crippen LogP contribution in [0.25, 0.3) is 0 Å². The fourth-order valence-electron chi connectivity index (χ4n) is 1.76. The first kappa shape index (κ1) is 13.9. The Morgan fingerprint density at radius 1 is 1.37 bits per heavy atom. The van der Waals surface area contributed by atoms with E-state index in [2.05, 4.69) is 23.9 Å². The molecule has 0 unspecified atom stereocenters. The van der Waals surface area contributed by atoms with Crippen molar-refractivity contribution < 1.29 is 4.74 Å². The molecule has 0 spiro atoms. The van der Waals surface area contributed by atoms with Gasteiger partial charge in [-0.1, -0.05) is 26.0 Å². The summed E-state index contributed by atoms with van der Waals surface area (Å²) in [7, 11) is 0. The number of alkyl halides is 1. The second-order valence-electron chi connectivity index (χ2n) is 4.82. The minimum Gasteiger partial charge on any atom is -0.486 e. The minimum absolute atomic E-state index is 0.415. The van der Waals surface area contributed by atoms with Crippen LogP contribution in [0.3, 0.4) is 0 Å². The van der Waals surface area contributed by atoms with Crippen LogP contribution in [-0.2, 0) is 19.0 Å². The Morgan fingerprint density at radius 2 is 2.21 bits per heavy atom. The summed E-state index contributed by atoms with van der Waals surface area (Å²) in [5, 5.41) is 4.21. The van der Waals surface area contributed by atoms with E-state index < -0.39 is 0 Å². The molecule has 0 saturated carbocycles. The summed E-state index contributed by atoms with van der Waals surface area (Å²) in [6.07, 6.45) is 1.57. The SMILES string of the molecule is CC(C)Cn1ncnc1COc1cccc(CCl)c1. The highest BCUT2D eigenvalue weighted by atomic mass is 35.5. The fourth-order valence-corrected chi connectivity index (χ4v) is 1.93. The Hall–Kier alpha value is -1.55. The quantitative estimate of drug-likeness (QED) is 0.762. The molecule has 1 aromatic carbocycles. The highest BCUT2D eigenvalue weighted by Gasteiger charge is 2.07. The van der Waals surface area contributed by atoms with Gasteiger partial charge in [-0.2, -0.15) is 5.10 Å². The standard InChI is InChI=1S/C14H18ClN3O/c1-11(2)8-18-14(16-10-17-18)9-19-13-5-3-4-12(6-13)7-15/h3-6,10-11H,7-9H2,1-2H3. The Labute approximate surface area is 118 Å². The molecular weight excluding hydrogens is 262 g/mol. The first-order valence-electron chi connectivity index (χ1n) is 6.33. The highest BCUT2D eigenvalue weighted by Crippen LogP contribution is 2.16. The van der Waals surface area contributed by atoms with Crippen molar-refractivity contribution in [1.82, 2.24) is 14.8 Å². The lowest BCUT2D eigenvalue weighted by molar-refractivity contribution is 0.282. The largest absolute Gasteiger partial charge is 0.486 e. The molecule has 2 aromatic rings. The fraction of sp³-hybridized carbons (Fsp3) is 0.429. The van der Waals surface area contributed by atoms with Crippen molar-refractivity contribution in [3.8, 4) is 5.75 Å². The van der Waals surface area contributed by atoms with E-state index in [-0.39, 0.29) is 0 Å². The normalized spacial score (nSPS) is 10.9. The Morgan fingerprint density at radius 3 is 2.95 bits per heavy atom. The van der Waals surface area contributed by atoms with Crippen LogP contribution in [0, 0.1) is 5.92 Å². The number of aromatic nitrogens is 3. The van der Waals surface area contributed by atoms with Crippen LogP contribution in [0.1, 0.15) is 25.2 Å². The Balaban J connectivity index is 2.00. The van der Waals surface area contributed by atoms with Gasteiger partial charge in [-0.3, -0.25) is 0 Å². The van der Waals surface area contributed by atoms with Gasteiger partial charge in [-0.25, -0.2) is 9.67 Å². The van der Waals surface area contributed by atoms with Crippen LogP contribution in [-0.4, -0.2) is 14.8 Å². The summed E-state index contributed by atoms with van der Waals surface area (Å²) in [5.74, 6) is 2.66. The van der Waals surface area contributed by atoms with E-state index >= 15 is 0 Å². The van der Waals surface area contributed by atoms with Crippen LogP contribution in [0.4, 0.5) is 0 Å². The summed E-state index contributed by atoms with van der Waals surface area (Å²) in [6, 6.07) is 7.77. The number of hydrogen-bond donors (Lipinski definition) is 0. The minimum atomic E-state index is 0.415. The molecule has 0 amide bonds. The lowest BCUT2D eigenvalue weighted by atomic mass is 10.2. The third-order valence-corrected chi connectivity index (χ3v) is 2.96. The van der Waals surface area contributed by atoms with Gasteiger partial charge in [0.1, 0.15) is 18.7 Å². The van der Waals surface area contributed by atoms with Crippen molar-refractivity contribution in [2.24, 2.45) is 5.92 Å². The number of halogens is 1. The lowest BCUT2D eigenvalue weighted by Gasteiger charge is -2.10. The van der Waals surface area contributed by atoms with Crippen molar-refractivity contribution >= 4 is 11.6 Å². The number of ether oxygens (including phenoxy) is 1. The van der Waals surface area contributed by atoms with Crippen LogP contribution in [0.5, 0.6) is 5.75 Å². The lowest BCUT2D eigenvalue weighted by Crippen LogP contribution is -2.12. The monoisotopic (exact) mass is 279 g/mol. The molecule has 0 atom stereocenters. The average Bonchev–Trinajstić information content (AvgIpc) is 2.83. The van der Waals surface area contributed by atoms with E-state index in [1.165, 1.54) is 0 Å². The first-order valence-corrected chi connectivity index (χ1v) is 6.87. The van der Waals surface area contributed by atoms with E-state index in [0.717, 1.165) is 23.7 Å². The molecule has 0 aliphatic rings. The van der Waals surface area contributed by atoms with E-state index in [1.54, 1.807) is 6.33 Å². The van der Waals surface area contributed by atoms with Gasteiger partial charge in [0.05, 0.1) is 0 Å². The number of benzene rings is 1. The van der Waals surface area contributed by atoms with Gasteiger partial charge >= 0.3 is 0 Å². The third-order valence-electron chi connectivity index (χ3n) is 2.65. The van der Waals surface area contributed by atoms with Gasteiger partial charge in [0.15, 0.2) is 5.82 Å². The molecule has 0 saturated heterocycles. The summed E-state index contributed by atoms with van der Waals surface area (Å²) in [4.78, 5) is 4.23. The Kier molecular flexibility index (Phi) is 4.80. The zero-order chi connectivity index (χ0) is 13.7. The van der Waals surface area contributed by atoms with Gasteiger partial charge in [-0.05, 0) is 23.6 Å². The maximum absolute atomic E-state index is 5.80. The van der Waals surface area contributed by atoms with Crippen molar-refractivity contribution in [2.75, 3.05) is 0 Å². The molecule has 2 rings (SSSR count). The summed E-state index contributed by atoms with van der Waals surface area (Å²) in [6.45, 7) is 5.56. The van der Waals surface area contributed by atoms with Gasteiger partial charge < -0.3 is 4.74 Å². The number of rotatable bonds is 6. The van der Waals surface area contributed by atoms with E-state index in [1.807, 2.05) is 28.9 Å². The van der Waals surface area contributed by atoms with Crippen LogP contribution in [0.15, 0.2) is 30.6 Å². The third kappa shape index (κ3) is 3.96. The van der Waals surface area contributed by atoms with Crippen molar-refractivity contribution in [3.63, 3.8) is 0 Å². The molecule has 5 heteroatoms. The molecule has 0 N–H and O–H groups in total. The summed E-state index contributed by atoms with van der Waals surface area (Å²) >= 11 is 5.80. The van der Waals surface area contributed by atoms with Crippen LogP contribution < -0.4 is 4.74 Å². The molecular formula is C14H18ClN3O. The summed E-state index contributed by atoms with van der Waals surface area (Å²) in [5.41, 5.74) is 1.04. The molecule has 0 fully saturated rings. The molecule has 0 aliphatic carbocycles. The number of hydrogen-bond acceptors (Lipinski definition) is 3. The average molecular weight is 280 g/mol. The zero-order valence-electron chi connectivity index (χ0n) is 11.2. The molecule has 1 heterocycles. The smallest absolute Gasteiger partial charge is 0.164 e. The summed E-state index contributed by atoms with van der Waals surface area (Å²) < 4.78 is 7.62. The molecule has 102 valence electrons. The van der Waals surface area contributed by atoms with Crippen LogP contribution in [0.2, 0.25) is 0 Å². The van der Waals surface area contributed by atoms with Crippen molar-refractivity contribution in [2.45, 2.75) is 32.9 Å². The molecule has 0 bridgehead atoms. The highest BCUT2D eigenvalue weighted by molar-refractivity contribution is 6.17. The van der Waals surface area contributed by atoms with Crippen molar-refractivity contribution in [1.29, 1.82) is 0 Å². The molecule has 0 radical (unpaired) electrons. The van der Waals surface area contributed by atoms with Crippen LogP contribution >= 0.6 is 11.6 Å². The maximum Gasteiger partial charge on any atom is 0.164 e. The second-order valence-corrected chi connectivity index (χ2v) is 5.09. The predicted molar refractivity (Wildman–Crippen MR) is 75.2 cm³/mol. The van der Waals surface area contributed by atoms with Crippen molar-refractivity contribution in [3.05, 3.63) is 42.0 Å². The van der Waals surface area contributed by atoms with E-state index in [0.29, 0.717) is 18.4 Å². The topological polar surface area (TPSA) is 39.9 Å². The molecule has 0 aliphatic heterocycles. The molecule has 19 heavy (non-hydrogen) atoms.